The minimum atomic E-state index is -0.0476. The molecular weight excluding hydrogens is 346 g/mol. The quantitative estimate of drug-likeness (QED) is 0.715. The van der Waals surface area contributed by atoms with Crippen molar-refractivity contribution in [1.82, 2.24) is 14.5 Å². The van der Waals surface area contributed by atoms with E-state index in [2.05, 4.69) is 17.1 Å². The molecule has 0 unspecified atom stereocenters. The molecule has 0 aliphatic carbocycles. The SMILES string of the molecule is Cc1sc2ncn(CCC(=O)N3CCc4ccccc4C3)c(=O)c2c1C. The third kappa shape index (κ3) is 2.94. The van der Waals surface area contributed by atoms with Crippen LogP contribution in [0.3, 0.4) is 0 Å². The third-order valence-electron chi connectivity index (χ3n) is 5.21. The predicted molar refractivity (Wildman–Crippen MR) is 104 cm³/mol. The van der Waals surface area contributed by atoms with Crippen LogP contribution in [0.4, 0.5) is 0 Å². The molecule has 3 heterocycles. The average molecular weight is 367 g/mol. The second-order valence-corrected chi connectivity index (χ2v) is 7.99. The molecule has 4 rings (SSSR count). The highest BCUT2D eigenvalue weighted by atomic mass is 32.1. The van der Waals surface area contributed by atoms with Crippen molar-refractivity contribution in [3.8, 4) is 0 Å². The van der Waals surface area contributed by atoms with E-state index in [1.165, 1.54) is 11.1 Å². The highest BCUT2D eigenvalue weighted by Gasteiger charge is 2.20. The summed E-state index contributed by atoms with van der Waals surface area (Å²) in [6.45, 7) is 5.73. The summed E-state index contributed by atoms with van der Waals surface area (Å²) in [6.07, 6.45) is 2.78. The van der Waals surface area contributed by atoms with Gasteiger partial charge < -0.3 is 4.90 Å². The van der Waals surface area contributed by atoms with Crippen molar-refractivity contribution in [3.63, 3.8) is 0 Å². The van der Waals surface area contributed by atoms with Crippen LogP contribution in [0, 0.1) is 13.8 Å². The Morgan fingerprint density at radius 2 is 2.00 bits per heavy atom. The highest BCUT2D eigenvalue weighted by Crippen LogP contribution is 2.25. The molecule has 26 heavy (non-hydrogen) atoms. The lowest BCUT2D eigenvalue weighted by Gasteiger charge is -2.29. The minimum absolute atomic E-state index is 0.0476. The number of thiophene rings is 1. The van der Waals surface area contributed by atoms with Gasteiger partial charge in [-0.3, -0.25) is 14.2 Å². The maximum Gasteiger partial charge on any atom is 0.262 e. The number of hydrogen-bond donors (Lipinski definition) is 0. The van der Waals surface area contributed by atoms with Crippen molar-refractivity contribution < 1.29 is 4.79 Å². The lowest BCUT2D eigenvalue weighted by atomic mass is 10.00. The fourth-order valence-electron chi connectivity index (χ4n) is 3.51. The van der Waals surface area contributed by atoms with E-state index in [4.69, 9.17) is 0 Å². The van der Waals surface area contributed by atoms with Gasteiger partial charge in [-0.05, 0) is 37.0 Å². The van der Waals surface area contributed by atoms with Crippen molar-refractivity contribution in [3.05, 3.63) is 62.5 Å². The van der Waals surface area contributed by atoms with E-state index in [9.17, 15) is 9.59 Å². The molecule has 0 spiro atoms. The highest BCUT2D eigenvalue weighted by molar-refractivity contribution is 7.18. The largest absolute Gasteiger partial charge is 0.338 e. The Morgan fingerprint density at radius 1 is 1.23 bits per heavy atom. The van der Waals surface area contributed by atoms with E-state index in [0.29, 0.717) is 24.9 Å². The Morgan fingerprint density at radius 3 is 2.81 bits per heavy atom. The van der Waals surface area contributed by atoms with E-state index in [1.54, 1.807) is 22.2 Å². The van der Waals surface area contributed by atoms with Crippen molar-refractivity contribution in [2.24, 2.45) is 0 Å². The fourth-order valence-corrected chi connectivity index (χ4v) is 4.50. The molecule has 2 aromatic heterocycles. The lowest BCUT2D eigenvalue weighted by Crippen LogP contribution is -2.36. The molecule has 1 aromatic carbocycles. The van der Waals surface area contributed by atoms with Gasteiger partial charge in [0.1, 0.15) is 4.83 Å². The summed E-state index contributed by atoms with van der Waals surface area (Å²) in [6, 6.07) is 8.26. The van der Waals surface area contributed by atoms with Gasteiger partial charge in [-0.1, -0.05) is 24.3 Å². The van der Waals surface area contributed by atoms with Gasteiger partial charge >= 0.3 is 0 Å². The summed E-state index contributed by atoms with van der Waals surface area (Å²) in [7, 11) is 0. The molecule has 6 heteroatoms. The standard InChI is InChI=1S/C20H21N3O2S/c1-13-14(2)26-19-18(13)20(25)23(12-21-19)10-8-17(24)22-9-7-15-5-3-4-6-16(15)11-22/h3-6,12H,7-11H2,1-2H3. The molecule has 0 saturated heterocycles. The number of carbonyl (C=O) groups excluding carboxylic acids is 1. The molecular formula is C20H21N3O2S. The number of fused-ring (bicyclic) bond motifs is 2. The van der Waals surface area contributed by atoms with Gasteiger partial charge in [-0.2, -0.15) is 0 Å². The molecule has 1 aliphatic heterocycles. The Kier molecular flexibility index (Phi) is 4.36. The monoisotopic (exact) mass is 367 g/mol. The molecule has 134 valence electrons. The summed E-state index contributed by atoms with van der Waals surface area (Å²) >= 11 is 1.54. The van der Waals surface area contributed by atoms with Gasteiger partial charge in [-0.15, -0.1) is 11.3 Å². The Balaban J connectivity index is 1.49. The first-order valence-corrected chi connectivity index (χ1v) is 9.66. The fraction of sp³-hybridized carbons (Fsp3) is 0.350. The van der Waals surface area contributed by atoms with Crippen LogP contribution in [0.1, 0.15) is 28.0 Å². The second kappa shape index (κ2) is 6.68. The van der Waals surface area contributed by atoms with Crippen molar-refractivity contribution in [1.29, 1.82) is 0 Å². The third-order valence-corrected chi connectivity index (χ3v) is 6.32. The first kappa shape index (κ1) is 17.0. The van der Waals surface area contributed by atoms with E-state index in [0.717, 1.165) is 28.2 Å². The van der Waals surface area contributed by atoms with Crippen LogP contribution in [-0.2, 0) is 24.3 Å². The number of aromatic nitrogens is 2. The van der Waals surface area contributed by atoms with Gasteiger partial charge in [0.05, 0.1) is 11.7 Å². The molecule has 0 radical (unpaired) electrons. The zero-order valence-electron chi connectivity index (χ0n) is 15.0. The van der Waals surface area contributed by atoms with Crippen LogP contribution in [0.2, 0.25) is 0 Å². The molecule has 0 N–H and O–H groups in total. The van der Waals surface area contributed by atoms with E-state index >= 15 is 0 Å². The van der Waals surface area contributed by atoms with Crippen LogP contribution in [-0.4, -0.2) is 26.9 Å². The predicted octanol–water partition coefficient (Wildman–Crippen LogP) is 3.05. The van der Waals surface area contributed by atoms with E-state index in [-0.39, 0.29) is 11.5 Å². The van der Waals surface area contributed by atoms with Gasteiger partial charge in [0, 0.05) is 30.9 Å². The summed E-state index contributed by atoms with van der Waals surface area (Å²) < 4.78 is 1.57. The zero-order chi connectivity index (χ0) is 18.3. The number of amides is 1. The lowest BCUT2D eigenvalue weighted by molar-refractivity contribution is -0.132. The van der Waals surface area contributed by atoms with Crippen LogP contribution in [0.15, 0.2) is 35.4 Å². The molecule has 1 aliphatic rings. The van der Waals surface area contributed by atoms with Gasteiger partial charge in [0.15, 0.2) is 0 Å². The van der Waals surface area contributed by atoms with Gasteiger partial charge in [0.25, 0.3) is 5.56 Å². The van der Waals surface area contributed by atoms with Gasteiger partial charge in [0.2, 0.25) is 5.91 Å². The molecule has 0 bridgehead atoms. The smallest absolute Gasteiger partial charge is 0.262 e. The molecule has 0 saturated carbocycles. The molecule has 0 fully saturated rings. The number of aryl methyl sites for hydroxylation is 3. The van der Waals surface area contributed by atoms with Gasteiger partial charge in [-0.25, -0.2) is 4.98 Å². The summed E-state index contributed by atoms with van der Waals surface area (Å²) in [5, 5.41) is 0.689. The zero-order valence-corrected chi connectivity index (χ0v) is 15.8. The maximum absolute atomic E-state index is 12.7. The summed E-state index contributed by atoms with van der Waals surface area (Å²) in [5.74, 6) is 0.0877. The number of carbonyl (C=O) groups is 1. The van der Waals surface area contributed by atoms with Crippen LogP contribution < -0.4 is 5.56 Å². The van der Waals surface area contributed by atoms with Crippen molar-refractivity contribution in [2.45, 2.75) is 39.8 Å². The minimum Gasteiger partial charge on any atom is -0.338 e. The summed E-state index contributed by atoms with van der Waals surface area (Å²) in [4.78, 5) is 33.5. The number of rotatable bonds is 3. The van der Waals surface area contributed by atoms with Crippen LogP contribution >= 0.6 is 11.3 Å². The summed E-state index contributed by atoms with van der Waals surface area (Å²) in [5.41, 5.74) is 3.49. The number of nitrogens with zero attached hydrogens (tertiary/aromatic N) is 3. The maximum atomic E-state index is 12.7. The van der Waals surface area contributed by atoms with Crippen molar-refractivity contribution >= 4 is 27.5 Å². The second-order valence-electron chi connectivity index (χ2n) is 6.79. The Labute approximate surface area is 155 Å². The molecule has 5 nitrogen and oxygen atoms in total. The normalized spacial score (nSPS) is 13.8. The number of hydrogen-bond acceptors (Lipinski definition) is 4. The topological polar surface area (TPSA) is 55.2 Å². The number of benzene rings is 1. The van der Waals surface area contributed by atoms with E-state index in [1.807, 2.05) is 30.9 Å². The van der Waals surface area contributed by atoms with Crippen LogP contribution in [0.5, 0.6) is 0 Å². The molecule has 3 aromatic rings. The van der Waals surface area contributed by atoms with Crippen molar-refractivity contribution in [2.75, 3.05) is 6.54 Å². The molecule has 0 atom stereocenters. The first-order chi connectivity index (χ1) is 12.5. The first-order valence-electron chi connectivity index (χ1n) is 8.84. The Hall–Kier alpha value is -2.47. The average Bonchev–Trinajstić information content (AvgIpc) is 2.95. The molecule has 1 amide bonds. The van der Waals surface area contributed by atoms with Crippen LogP contribution in [0.25, 0.3) is 10.2 Å². The Bertz CT molecular complexity index is 1050. The van der Waals surface area contributed by atoms with E-state index < -0.39 is 0 Å².